The Labute approximate surface area is 481 Å². The summed E-state index contributed by atoms with van der Waals surface area (Å²) < 4.78 is 77.1. The second-order valence-corrected chi connectivity index (χ2v) is 21.3. The maximum atomic E-state index is 12.9. The summed E-state index contributed by atoms with van der Waals surface area (Å²) in [5, 5.41) is 214. The van der Waals surface area contributed by atoms with Gasteiger partial charge in [0.15, 0.2) is 44.0 Å². The number of hydrogen-bond donors (Lipinski definition) is 22. The molecule has 0 spiro atoms. The zero-order valence-electron chi connectivity index (χ0n) is 45.6. The van der Waals surface area contributed by atoms with E-state index in [1.54, 1.807) is 0 Å². The van der Waals surface area contributed by atoms with Crippen molar-refractivity contribution < 1.29 is 173 Å². The molecule has 7 heterocycles. The highest BCUT2D eigenvalue weighted by atomic mass is 16.8. The van der Waals surface area contributed by atoms with Gasteiger partial charge in [-0.15, -0.1) is 0 Å². The molecule has 85 heavy (non-hydrogen) atoms. The van der Waals surface area contributed by atoms with Crippen LogP contribution < -0.4 is 16.0 Å². The average Bonchev–Trinajstić information content (AvgIpc) is 3.21. The van der Waals surface area contributed by atoms with Crippen molar-refractivity contribution >= 4 is 17.7 Å². The Morgan fingerprint density at radius 2 is 0.647 bits per heavy atom. The van der Waals surface area contributed by atoms with Gasteiger partial charge in [0.25, 0.3) is 0 Å². The molecule has 0 aromatic heterocycles. The number of ether oxygens (including phenoxy) is 13. The first-order valence-corrected chi connectivity index (χ1v) is 27.0. The highest BCUT2D eigenvalue weighted by Crippen LogP contribution is 2.39. The van der Waals surface area contributed by atoms with E-state index in [1.165, 1.54) is 0 Å². The minimum absolute atomic E-state index is 0.752. The molecule has 0 saturated carbocycles. The quantitative estimate of drug-likeness (QED) is 0.0479. The van der Waals surface area contributed by atoms with E-state index in [4.69, 9.17) is 61.6 Å². The zero-order valence-corrected chi connectivity index (χ0v) is 45.6. The van der Waals surface area contributed by atoms with Gasteiger partial charge in [0, 0.05) is 20.8 Å². The Balaban J connectivity index is 1.30. The van der Waals surface area contributed by atoms with Crippen molar-refractivity contribution in [2.75, 3.05) is 46.2 Å². The number of amides is 3. The monoisotopic (exact) mass is 1250 g/mol. The number of carbonyl (C=O) groups is 3. The molecule has 7 aliphatic rings. The van der Waals surface area contributed by atoms with Crippen LogP contribution in [0.1, 0.15) is 20.8 Å². The summed E-state index contributed by atoms with van der Waals surface area (Å²) in [5.41, 5.74) is 0. The predicted molar refractivity (Wildman–Crippen MR) is 261 cm³/mol. The van der Waals surface area contributed by atoms with E-state index in [-0.39, 0.29) is 0 Å². The molecule has 7 rings (SSSR count). The summed E-state index contributed by atoms with van der Waals surface area (Å²) in [4.78, 5) is 37.3. The molecule has 0 bridgehead atoms. The van der Waals surface area contributed by atoms with Crippen LogP contribution in [-0.2, 0) is 76.0 Å². The van der Waals surface area contributed by atoms with Crippen molar-refractivity contribution in [2.45, 2.75) is 229 Å². The van der Waals surface area contributed by atoms with E-state index in [9.17, 15) is 111 Å². The summed E-state index contributed by atoms with van der Waals surface area (Å²) in [6.07, 6.45) is -61.9. The molecule has 0 unspecified atom stereocenters. The third kappa shape index (κ3) is 15.3. The lowest BCUT2D eigenvalue weighted by atomic mass is 9.93. The minimum atomic E-state index is -2.34. The largest absolute Gasteiger partial charge is 0.394 e. The SMILES string of the molecule is CC(=O)N[C@@H]1[C@@H](O)[C@H](O[C@@H]2O[C@H](CO)[C@@H](O[C@@H]3O[C@H](CO[C@H]4O[C@H](CO)[C@@H](O)[C@H](O)[C@@H]4O)[C@@H](O)[C@H](O[C@H]4O[C@H](CO)[C@@H](O)[C@H](O)[C@@H]4O[C@@H]4O[C@H](CO)[C@@H](O)[C@H](O)[C@H]4NC(C)=O)[C@@H]3O[C@@H]3O[C@H](CO)[C@H](O)[C@H]3O)[C@H](O)[C@H]2NC(C)=O)[C@@H](CO)O[C@H]1O. The molecule has 0 aromatic rings. The molecule has 38 heteroatoms. The van der Waals surface area contributed by atoms with Crippen LogP contribution in [0.3, 0.4) is 0 Å². The van der Waals surface area contributed by atoms with E-state index >= 15 is 0 Å². The van der Waals surface area contributed by atoms with Gasteiger partial charge in [-0.25, -0.2) is 0 Å². The van der Waals surface area contributed by atoms with E-state index in [1.807, 2.05) is 0 Å². The van der Waals surface area contributed by atoms with Crippen molar-refractivity contribution in [3.05, 3.63) is 0 Å². The first-order valence-electron chi connectivity index (χ1n) is 27.0. The minimum Gasteiger partial charge on any atom is -0.394 e. The standard InChI is InChI=1S/C47H79N3O35/c1-11(57)48-21-30(66)36(18(8-55)74-41(21)72)81-43-23(50-13(3)59)31(67)37(19(9-56)79-43)82-47-40(85-45-34(70)27(63)17(7-54)77-45)38(28(64)20(80-47)10-73-44-35(71)32(68)25(61)15(5-52)76-44)83-46-39(33(69)26(62)16(6-53)78-46)84-42-22(49-12(2)58)29(65)24(60)14(4-51)75-42/h14-47,51-56,60-72H,4-10H2,1-3H3,(H,48,57)(H,49,58)(H,50,59)/t14-,15-,16-,17-,18-,19-,20-,21-,22-,23-,24-,25-,26-,27+,28-,29-,30-,31-,32+,33+,34-,35+,36-,37-,38+,39+,40+,41-,42+,43+,44+,45+,46-,47+/m1/s1. The third-order valence-electron chi connectivity index (χ3n) is 15.4. The molecule has 0 aromatic carbocycles. The summed E-state index contributed by atoms with van der Waals surface area (Å²) in [7, 11) is 0. The van der Waals surface area contributed by atoms with Gasteiger partial charge in [0.05, 0.1) is 46.2 Å². The highest BCUT2D eigenvalue weighted by Gasteiger charge is 2.60. The van der Waals surface area contributed by atoms with Crippen molar-refractivity contribution in [1.29, 1.82) is 0 Å². The topological polar surface area (TPSA) is 592 Å². The van der Waals surface area contributed by atoms with Gasteiger partial charge in [-0.05, 0) is 0 Å². The van der Waals surface area contributed by atoms with Crippen LogP contribution >= 0.6 is 0 Å². The van der Waals surface area contributed by atoms with E-state index < -0.39 is 273 Å². The van der Waals surface area contributed by atoms with Crippen LogP contribution in [0.5, 0.6) is 0 Å². The number of aliphatic hydroxyl groups is 19. The summed E-state index contributed by atoms with van der Waals surface area (Å²) in [6, 6.07) is -5.21. The molecule has 0 radical (unpaired) electrons. The number of hydrogen-bond acceptors (Lipinski definition) is 35. The van der Waals surface area contributed by atoms with Crippen LogP contribution in [0.25, 0.3) is 0 Å². The zero-order chi connectivity index (χ0) is 62.6. The van der Waals surface area contributed by atoms with Crippen LogP contribution in [0.2, 0.25) is 0 Å². The second-order valence-electron chi connectivity index (χ2n) is 21.3. The number of aliphatic hydroxyl groups excluding tert-OH is 19. The Bertz CT molecular complexity index is 2130. The first-order chi connectivity index (χ1) is 40.2. The van der Waals surface area contributed by atoms with Gasteiger partial charge >= 0.3 is 0 Å². The Morgan fingerprint density at radius 3 is 1.18 bits per heavy atom. The summed E-state index contributed by atoms with van der Waals surface area (Å²) in [5.74, 6) is -2.49. The fraction of sp³-hybridized carbons (Fsp3) is 0.936. The molecule has 7 fully saturated rings. The van der Waals surface area contributed by atoms with Gasteiger partial charge in [-0.1, -0.05) is 0 Å². The maximum Gasteiger partial charge on any atom is 0.217 e. The molecule has 38 nitrogen and oxygen atoms in total. The van der Waals surface area contributed by atoms with Crippen LogP contribution in [0, 0.1) is 0 Å². The number of rotatable bonds is 22. The predicted octanol–water partition coefficient (Wildman–Crippen LogP) is -15.2. The third-order valence-corrected chi connectivity index (χ3v) is 15.4. The fourth-order valence-electron chi connectivity index (χ4n) is 10.9. The molecule has 7 saturated heterocycles. The fourth-order valence-corrected chi connectivity index (χ4v) is 10.9. The Morgan fingerprint density at radius 1 is 0.306 bits per heavy atom. The Kier molecular flexibility index (Phi) is 24.8. The van der Waals surface area contributed by atoms with Gasteiger partial charge < -0.3 is 175 Å². The van der Waals surface area contributed by atoms with Crippen LogP contribution in [0.4, 0.5) is 0 Å². The molecule has 3 amide bonds. The van der Waals surface area contributed by atoms with Crippen molar-refractivity contribution in [1.82, 2.24) is 16.0 Å². The molecule has 22 N–H and O–H groups in total. The maximum absolute atomic E-state index is 12.9. The average molecular weight is 1250 g/mol. The van der Waals surface area contributed by atoms with Gasteiger partial charge in [0.2, 0.25) is 17.7 Å². The highest BCUT2D eigenvalue weighted by molar-refractivity contribution is 5.74. The van der Waals surface area contributed by atoms with Crippen LogP contribution in [-0.4, -0.2) is 370 Å². The number of nitrogens with one attached hydrogen (secondary N) is 3. The lowest BCUT2D eigenvalue weighted by Crippen LogP contribution is -2.71. The first kappa shape index (κ1) is 69.6. The van der Waals surface area contributed by atoms with Crippen molar-refractivity contribution in [3.63, 3.8) is 0 Å². The molecule has 7 aliphatic heterocycles. The molecular formula is C47H79N3O35. The van der Waals surface area contributed by atoms with E-state index in [2.05, 4.69) is 16.0 Å². The lowest BCUT2D eigenvalue weighted by molar-refractivity contribution is -0.405. The van der Waals surface area contributed by atoms with Crippen LogP contribution in [0.15, 0.2) is 0 Å². The summed E-state index contributed by atoms with van der Waals surface area (Å²) >= 11 is 0. The Hall–Kier alpha value is -2.87. The van der Waals surface area contributed by atoms with Gasteiger partial charge in [-0.2, -0.15) is 0 Å². The number of carbonyl (C=O) groups excluding carboxylic acids is 3. The molecule has 0 aliphatic carbocycles. The molecule has 34 atom stereocenters. The van der Waals surface area contributed by atoms with E-state index in [0.29, 0.717) is 0 Å². The smallest absolute Gasteiger partial charge is 0.217 e. The van der Waals surface area contributed by atoms with Gasteiger partial charge in [-0.3, -0.25) is 14.4 Å². The molecular weight excluding hydrogens is 1170 g/mol. The van der Waals surface area contributed by atoms with Crippen molar-refractivity contribution in [3.8, 4) is 0 Å². The van der Waals surface area contributed by atoms with Crippen molar-refractivity contribution in [2.24, 2.45) is 0 Å². The second kappa shape index (κ2) is 30.3. The van der Waals surface area contributed by atoms with E-state index in [0.717, 1.165) is 20.8 Å². The normalized spacial score (nSPS) is 48.8. The molecule has 492 valence electrons. The summed E-state index contributed by atoms with van der Waals surface area (Å²) in [6.45, 7) is -4.06. The lowest BCUT2D eigenvalue weighted by Gasteiger charge is -2.51. The van der Waals surface area contributed by atoms with Gasteiger partial charge in [0.1, 0.15) is 165 Å².